The average Bonchev–Trinajstić information content (AvgIpc) is 4.03. The van der Waals surface area contributed by atoms with Gasteiger partial charge in [0.15, 0.2) is 0 Å². The van der Waals surface area contributed by atoms with E-state index in [1.54, 1.807) is 37.1 Å². The number of carbonyl (C=O) groups excluding carboxylic acids is 2. The monoisotopic (exact) mass is 839 g/mol. The van der Waals surface area contributed by atoms with Crippen molar-refractivity contribution in [3.63, 3.8) is 0 Å². The van der Waals surface area contributed by atoms with Gasteiger partial charge in [-0.1, -0.05) is 36.4 Å². The van der Waals surface area contributed by atoms with Gasteiger partial charge < -0.3 is 24.8 Å². The van der Waals surface area contributed by atoms with Crippen molar-refractivity contribution < 1.29 is 23.1 Å². The molecule has 1 N–H and O–H groups in total. The van der Waals surface area contributed by atoms with Crippen LogP contribution in [0, 0.1) is 0 Å². The van der Waals surface area contributed by atoms with Gasteiger partial charge in [0.05, 0.1) is 12.7 Å². The molecule has 10 rings (SSSR count). The Morgan fingerprint density at radius 2 is 1.71 bits per heavy atom. The van der Waals surface area contributed by atoms with E-state index >= 15 is 0 Å². The van der Waals surface area contributed by atoms with E-state index in [0.29, 0.717) is 43.3 Å². The molecule has 5 aliphatic heterocycles. The third-order valence-corrected chi connectivity index (χ3v) is 14.0. The lowest BCUT2D eigenvalue weighted by Gasteiger charge is -2.36. The number of aryl methyl sites for hydroxylation is 2. The van der Waals surface area contributed by atoms with Crippen molar-refractivity contribution in [3.05, 3.63) is 129 Å². The predicted octanol–water partition coefficient (Wildman–Crippen LogP) is 8.64. The first-order valence-corrected chi connectivity index (χ1v) is 22.4. The minimum absolute atomic E-state index is 0.0188. The summed E-state index contributed by atoms with van der Waals surface area (Å²) in [7, 11) is 1.80. The highest BCUT2D eigenvalue weighted by molar-refractivity contribution is 5.99. The maximum atomic E-state index is 14.8. The molecule has 5 aromatic rings. The van der Waals surface area contributed by atoms with Crippen molar-refractivity contribution in [1.29, 1.82) is 0 Å². The Hall–Kier alpha value is -5.59. The Kier molecular flexibility index (Phi) is 11.1. The van der Waals surface area contributed by atoms with Crippen LogP contribution < -0.4 is 15.0 Å². The molecule has 322 valence electrons. The fraction of sp³-hybridized carbons (Fsp3) is 0.420. The van der Waals surface area contributed by atoms with Crippen LogP contribution in [0.15, 0.2) is 79.1 Å². The molecule has 2 saturated heterocycles. The third kappa shape index (κ3) is 7.87. The van der Waals surface area contributed by atoms with E-state index in [2.05, 4.69) is 56.6 Å². The highest BCUT2D eigenvalue weighted by Gasteiger charge is 2.36. The zero-order valence-corrected chi connectivity index (χ0v) is 35.7. The fourth-order valence-corrected chi connectivity index (χ4v) is 10.5. The number of benzene rings is 4. The van der Waals surface area contributed by atoms with Gasteiger partial charge in [-0.15, -0.1) is 0 Å². The van der Waals surface area contributed by atoms with Crippen LogP contribution in [0.4, 0.5) is 20.2 Å². The maximum Gasteiger partial charge on any atom is 0.264 e. The van der Waals surface area contributed by atoms with Gasteiger partial charge >= 0.3 is 0 Å². The number of carbonyl (C=O) groups is 2. The lowest BCUT2D eigenvalue weighted by atomic mass is 9.86. The zero-order chi connectivity index (χ0) is 42.5. The molecular weight excluding hydrogens is 785 g/mol. The number of aromatic nitrogens is 2. The van der Waals surface area contributed by atoms with Gasteiger partial charge in [0.25, 0.3) is 12.3 Å². The number of ether oxygens (including phenoxy) is 1. The molecule has 0 radical (unpaired) electrons. The number of rotatable bonds is 10. The van der Waals surface area contributed by atoms with Crippen molar-refractivity contribution in [2.45, 2.75) is 96.6 Å². The van der Waals surface area contributed by atoms with Crippen molar-refractivity contribution in [2.75, 3.05) is 37.6 Å². The van der Waals surface area contributed by atoms with E-state index in [1.807, 2.05) is 34.1 Å². The molecule has 5 aliphatic rings. The topological polar surface area (TPSA) is 86.2 Å². The van der Waals surface area contributed by atoms with Gasteiger partial charge in [-0.3, -0.25) is 19.2 Å². The van der Waals surface area contributed by atoms with Gasteiger partial charge in [0, 0.05) is 98.1 Å². The Morgan fingerprint density at radius 3 is 2.45 bits per heavy atom. The largest absolute Gasteiger partial charge is 0.489 e. The predicted molar refractivity (Wildman–Crippen MR) is 236 cm³/mol. The van der Waals surface area contributed by atoms with E-state index in [0.717, 1.165) is 128 Å². The first-order chi connectivity index (χ1) is 30.2. The highest BCUT2D eigenvalue weighted by atomic mass is 19.3. The first kappa shape index (κ1) is 40.5. The van der Waals surface area contributed by atoms with Gasteiger partial charge in [0.1, 0.15) is 12.4 Å². The molecule has 2 amide bonds. The van der Waals surface area contributed by atoms with Crippen molar-refractivity contribution in [1.82, 2.24) is 29.8 Å². The molecule has 10 nitrogen and oxygen atoms in total. The summed E-state index contributed by atoms with van der Waals surface area (Å²) < 4.78 is 37.5. The van der Waals surface area contributed by atoms with E-state index in [1.165, 1.54) is 11.1 Å². The number of hydrogen-bond acceptors (Lipinski definition) is 7. The molecule has 6 heterocycles. The third-order valence-electron chi connectivity index (χ3n) is 14.0. The summed E-state index contributed by atoms with van der Waals surface area (Å²) in [4.78, 5) is 34.6. The molecule has 0 aliphatic carbocycles. The molecule has 2 fully saturated rings. The van der Waals surface area contributed by atoms with E-state index < -0.39 is 6.43 Å². The summed E-state index contributed by atoms with van der Waals surface area (Å²) in [5.74, 6) is 1.30. The van der Waals surface area contributed by atoms with Crippen molar-refractivity contribution >= 4 is 23.2 Å². The highest BCUT2D eigenvalue weighted by Crippen LogP contribution is 2.45. The SMILES string of the molecule is CC(=O)N1Cc2cc(C3CCN(Cc4ccc(COc5cccc6c5CN(C5CCCNC5)C6=O)cc4)CC3)cc(N3CCCc4cc(-c5cnn(C)c5)c(C(F)F)cc43)c2C1. The van der Waals surface area contributed by atoms with Crippen LogP contribution in [-0.2, 0) is 51.0 Å². The zero-order valence-electron chi connectivity index (χ0n) is 35.7. The van der Waals surface area contributed by atoms with Gasteiger partial charge in [0.2, 0.25) is 5.91 Å². The molecular formula is C50H55F2N7O3. The Morgan fingerprint density at radius 1 is 0.887 bits per heavy atom. The summed E-state index contributed by atoms with van der Waals surface area (Å²) >= 11 is 0. The van der Waals surface area contributed by atoms with Crippen LogP contribution in [0.25, 0.3) is 11.1 Å². The summed E-state index contributed by atoms with van der Waals surface area (Å²) in [5, 5.41) is 7.70. The smallest absolute Gasteiger partial charge is 0.264 e. The molecule has 1 atom stereocenters. The number of piperidine rings is 2. The quantitative estimate of drug-likeness (QED) is 0.151. The van der Waals surface area contributed by atoms with Gasteiger partial charge in [-0.25, -0.2) is 8.78 Å². The maximum absolute atomic E-state index is 14.8. The molecule has 0 spiro atoms. The Labute approximate surface area is 362 Å². The summed E-state index contributed by atoms with van der Waals surface area (Å²) in [5.41, 5.74) is 11.9. The lowest BCUT2D eigenvalue weighted by Crippen LogP contribution is -2.46. The molecule has 1 aromatic heterocycles. The second-order valence-corrected chi connectivity index (χ2v) is 18.0. The van der Waals surface area contributed by atoms with Crippen LogP contribution in [0.3, 0.4) is 0 Å². The summed E-state index contributed by atoms with van der Waals surface area (Å²) in [6.07, 6.45) is 6.69. The van der Waals surface area contributed by atoms with Crippen LogP contribution >= 0.6 is 0 Å². The number of halogens is 2. The number of alkyl halides is 2. The second kappa shape index (κ2) is 16.9. The summed E-state index contributed by atoms with van der Waals surface area (Å²) in [6, 6.07) is 23.0. The number of anilines is 2. The minimum Gasteiger partial charge on any atom is -0.489 e. The number of nitrogens with one attached hydrogen (secondary N) is 1. The van der Waals surface area contributed by atoms with Gasteiger partial charge in [-0.2, -0.15) is 5.10 Å². The molecule has 62 heavy (non-hydrogen) atoms. The summed E-state index contributed by atoms with van der Waals surface area (Å²) in [6.45, 7) is 9.15. The molecule has 4 aromatic carbocycles. The Bertz CT molecular complexity index is 2490. The minimum atomic E-state index is -2.63. The molecule has 1 unspecified atom stereocenters. The normalized spacial score (nSPS) is 19.3. The molecule has 0 saturated carbocycles. The van der Waals surface area contributed by atoms with Crippen LogP contribution in [0.1, 0.15) is 106 Å². The van der Waals surface area contributed by atoms with Crippen molar-refractivity contribution in [2.24, 2.45) is 7.05 Å². The molecule has 0 bridgehead atoms. The van der Waals surface area contributed by atoms with Crippen LogP contribution in [0.5, 0.6) is 5.75 Å². The number of likely N-dealkylation sites (tertiary alicyclic amines) is 1. The van der Waals surface area contributed by atoms with Crippen molar-refractivity contribution in [3.8, 4) is 16.9 Å². The number of amides is 2. The van der Waals surface area contributed by atoms with Crippen LogP contribution in [-0.4, -0.2) is 75.1 Å². The number of hydrogen-bond donors (Lipinski definition) is 1. The average molecular weight is 840 g/mol. The fourth-order valence-electron chi connectivity index (χ4n) is 10.5. The van der Waals surface area contributed by atoms with E-state index in [4.69, 9.17) is 4.74 Å². The lowest BCUT2D eigenvalue weighted by molar-refractivity contribution is -0.129. The number of fused-ring (bicyclic) bond motifs is 3. The van der Waals surface area contributed by atoms with Crippen LogP contribution in [0.2, 0.25) is 0 Å². The Balaban J connectivity index is 0.813. The standard InChI is InChI=1S/C50H55F2N7O3/c1-32(60)57-28-38-20-37(22-47(44(38)29-57)58-17-5-6-36-21-42(39-24-54-55(2)27-39)43(49(51)52)23-46(36)58)35-14-18-56(19-15-35)26-33-10-12-34(13-11-33)31-62-48-9-3-8-41-45(48)30-59(50(41)61)40-7-4-16-53-25-40/h3,8-13,20-24,27,35,40,49,53H,4-7,14-19,25-26,28-31H2,1-2H3. The van der Waals surface area contributed by atoms with E-state index in [9.17, 15) is 18.4 Å². The first-order valence-electron chi connectivity index (χ1n) is 22.4. The van der Waals surface area contributed by atoms with Gasteiger partial charge in [-0.05, 0) is 128 Å². The molecule has 12 heteroatoms. The van der Waals surface area contributed by atoms with E-state index in [-0.39, 0.29) is 23.4 Å². The second-order valence-electron chi connectivity index (χ2n) is 18.0. The number of nitrogens with zero attached hydrogens (tertiary/aromatic N) is 6.